The molecule has 2 unspecified atom stereocenters. The van der Waals surface area contributed by atoms with E-state index >= 15 is 0 Å². The summed E-state index contributed by atoms with van der Waals surface area (Å²) in [7, 11) is -4.73. The molecule has 1 aromatic carbocycles. The van der Waals surface area contributed by atoms with E-state index < -0.39 is 30.0 Å². The van der Waals surface area contributed by atoms with Gasteiger partial charge in [-0.15, -0.1) is 11.6 Å². The number of carbonyl (C=O) groups is 2. The van der Waals surface area contributed by atoms with Crippen LogP contribution >= 0.6 is 30.8 Å². The average Bonchev–Trinajstić information content (AvgIpc) is 2.60. The molecule has 0 fully saturated rings. The minimum atomic E-state index is -4.73. The highest BCUT2D eigenvalue weighted by Gasteiger charge is 2.46. The average molecular weight is 324 g/mol. The summed E-state index contributed by atoms with van der Waals surface area (Å²) in [4.78, 5) is 42.4. The van der Waals surface area contributed by atoms with E-state index in [0.717, 1.165) is 0 Å². The van der Waals surface area contributed by atoms with Gasteiger partial charge in [-0.1, -0.05) is 23.7 Å². The molecule has 2 rings (SSSR count). The standard InChI is InChI=1S/C10H8Cl2NO5P/c11-7(8(12)19(16,17)18)13-9(14)5-3-1-2-4-6(5)10(13)15/h1-4,7-8H,(H2,16,17,18). The maximum Gasteiger partial charge on any atom is 0.346 e. The van der Waals surface area contributed by atoms with Crippen LogP contribution in [0.5, 0.6) is 0 Å². The van der Waals surface area contributed by atoms with E-state index in [2.05, 4.69) is 0 Å². The number of nitrogens with zero attached hydrogens (tertiary/aromatic N) is 1. The molecule has 2 amide bonds. The highest BCUT2D eigenvalue weighted by Crippen LogP contribution is 2.48. The summed E-state index contributed by atoms with van der Waals surface area (Å²) >= 11 is 11.3. The van der Waals surface area contributed by atoms with Gasteiger partial charge in [-0.3, -0.25) is 19.1 Å². The summed E-state index contributed by atoms with van der Waals surface area (Å²) < 4.78 is 11.0. The van der Waals surface area contributed by atoms with Crippen molar-refractivity contribution in [3.05, 3.63) is 35.4 Å². The SMILES string of the molecule is O=C1c2ccccc2C(=O)N1C(Cl)C(Cl)P(=O)(O)O. The monoisotopic (exact) mass is 323 g/mol. The second-order valence-corrected chi connectivity index (χ2v) is 6.82. The lowest BCUT2D eigenvalue weighted by Gasteiger charge is -2.24. The van der Waals surface area contributed by atoms with Crippen LogP contribution in [0.15, 0.2) is 24.3 Å². The first-order chi connectivity index (χ1) is 8.75. The molecule has 0 saturated heterocycles. The number of hydrogen-bond donors (Lipinski definition) is 2. The van der Waals surface area contributed by atoms with Crippen LogP contribution in [0.25, 0.3) is 0 Å². The van der Waals surface area contributed by atoms with E-state index in [-0.39, 0.29) is 11.1 Å². The van der Waals surface area contributed by atoms with Crippen LogP contribution in [-0.4, -0.2) is 37.1 Å². The van der Waals surface area contributed by atoms with Gasteiger partial charge < -0.3 is 9.79 Å². The predicted molar refractivity (Wildman–Crippen MR) is 68.3 cm³/mol. The first-order valence-electron chi connectivity index (χ1n) is 5.05. The van der Waals surface area contributed by atoms with E-state index in [1.807, 2.05) is 0 Å². The molecule has 1 aromatic rings. The van der Waals surface area contributed by atoms with Crippen molar-refractivity contribution >= 4 is 42.6 Å². The van der Waals surface area contributed by atoms with E-state index in [1.165, 1.54) is 12.1 Å². The van der Waals surface area contributed by atoms with E-state index in [1.54, 1.807) is 12.1 Å². The van der Waals surface area contributed by atoms with Gasteiger partial charge in [0.1, 0.15) is 5.50 Å². The van der Waals surface area contributed by atoms with Crippen molar-refractivity contribution in [2.24, 2.45) is 0 Å². The Morgan fingerprint density at radius 3 is 1.84 bits per heavy atom. The molecule has 0 radical (unpaired) electrons. The zero-order chi connectivity index (χ0) is 14.4. The number of benzene rings is 1. The largest absolute Gasteiger partial charge is 0.346 e. The number of fused-ring (bicyclic) bond motifs is 1. The predicted octanol–water partition coefficient (Wildman–Crippen LogP) is 1.59. The molecule has 6 nitrogen and oxygen atoms in total. The Morgan fingerprint density at radius 1 is 1.05 bits per heavy atom. The van der Waals surface area contributed by atoms with Gasteiger partial charge in [0.25, 0.3) is 11.8 Å². The fourth-order valence-corrected chi connectivity index (χ4v) is 2.90. The van der Waals surface area contributed by atoms with Gasteiger partial charge in [0.15, 0.2) is 5.12 Å². The lowest BCUT2D eigenvalue weighted by Crippen LogP contribution is -2.41. The molecule has 0 bridgehead atoms. The smallest absolute Gasteiger partial charge is 0.323 e. The van der Waals surface area contributed by atoms with Crippen LogP contribution in [0.1, 0.15) is 20.7 Å². The second-order valence-electron chi connectivity index (χ2n) is 3.86. The van der Waals surface area contributed by atoms with Gasteiger partial charge in [0.2, 0.25) is 0 Å². The van der Waals surface area contributed by atoms with Crippen LogP contribution in [0, 0.1) is 0 Å². The molecule has 0 aromatic heterocycles. The maximum atomic E-state index is 12.0. The van der Waals surface area contributed by atoms with Crippen molar-refractivity contribution in [3.63, 3.8) is 0 Å². The summed E-state index contributed by atoms with van der Waals surface area (Å²) in [5.41, 5.74) is -1.37. The van der Waals surface area contributed by atoms with Crippen LogP contribution < -0.4 is 0 Å². The molecule has 19 heavy (non-hydrogen) atoms. The van der Waals surface area contributed by atoms with Gasteiger partial charge in [0, 0.05) is 0 Å². The zero-order valence-electron chi connectivity index (χ0n) is 9.23. The summed E-state index contributed by atoms with van der Waals surface area (Å²) in [6.45, 7) is 0. The zero-order valence-corrected chi connectivity index (χ0v) is 11.6. The third-order valence-corrected chi connectivity index (χ3v) is 5.30. The number of halogens is 2. The van der Waals surface area contributed by atoms with Crippen LogP contribution in [0.4, 0.5) is 0 Å². The number of hydrogen-bond acceptors (Lipinski definition) is 3. The van der Waals surface area contributed by atoms with Gasteiger partial charge in [-0.2, -0.15) is 0 Å². The van der Waals surface area contributed by atoms with Crippen molar-refractivity contribution < 1.29 is 23.9 Å². The van der Waals surface area contributed by atoms with Gasteiger partial charge in [-0.25, -0.2) is 0 Å². The van der Waals surface area contributed by atoms with E-state index in [0.29, 0.717) is 4.90 Å². The Hall–Kier alpha value is -0.910. The van der Waals surface area contributed by atoms with Crippen molar-refractivity contribution in [1.82, 2.24) is 4.90 Å². The van der Waals surface area contributed by atoms with Crippen LogP contribution in [0.3, 0.4) is 0 Å². The van der Waals surface area contributed by atoms with E-state index in [4.69, 9.17) is 33.0 Å². The molecule has 2 atom stereocenters. The molecular weight excluding hydrogens is 316 g/mol. The van der Waals surface area contributed by atoms with Gasteiger partial charge in [-0.05, 0) is 12.1 Å². The Bertz CT molecular complexity index is 566. The number of amides is 2. The topological polar surface area (TPSA) is 94.9 Å². The molecular formula is C10H8Cl2NO5P. The maximum absolute atomic E-state index is 12.0. The minimum absolute atomic E-state index is 0.132. The number of imide groups is 1. The van der Waals surface area contributed by atoms with Crippen LogP contribution in [0.2, 0.25) is 0 Å². The molecule has 1 aliphatic rings. The van der Waals surface area contributed by atoms with Crippen molar-refractivity contribution in [2.45, 2.75) is 10.6 Å². The Balaban J connectivity index is 2.37. The highest BCUT2D eigenvalue weighted by molar-refractivity contribution is 7.54. The van der Waals surface area contributed by atoms with Gasteiger partial charge >= 0.3 is 7.60 Å². The number of rotatable bonds is 3. The van der Waals surface area contributed by atoms with Crippen molar-refractivity contribution in [1.29, 1.82) is 0 Å². The molecule has 0 spiro atoms. The fourth-order valence-electron chi connectivity index (χ4n) is 1.72. The molecule has 0 saturated carbocycles. The molecule has 9 heteroatoms. The molecule has 102 valence electrons. The first kappa shape index (κ1) is 14.5. The molecule has 1 heterocycles. The molecule has 0 aliphatic carbocycles. The quantitative estimate of drug-likeness (QED) is 0.381. The van der Waals surface area contributed by atoms with E-state index in [9.17, 15) is 14.2 Å². The summed E-state index contributed by atoms with van der Waals surface area (Å²) in [5.74, 6) is -1.44. The lowest BCUT2D eigenvalue weighted by atomic mass is 10.1. The third kappa shape index (κ3) is 2.42. The minimum Gasteiger partial charge on any atom is -0.323 e. The fraction of sp³-hybridized carbons (Fsp3) is 0.200. The van der Waals surface area contributed by atoms with Gasteiger partial charge in [0.05, 0.1) is 11.1 Å². The van der Waals surface area contributed by atoms with Crippen LogP contribution in [-0.2, 0) is 4.57 Å². The summed E-state index contributed by atoms with van der Waals surface area (Å²) in [6, 6.07) is 6.00. The molecule has 1 aliphatic heterocycles. The normalized spacial score (nSPS) is 18.4. The Labute approximate surface area is 118 Å². The van der Waals surface area contributed by atoms with Crippen molar-refractivity contribution in [3.8, 4) is 0 Å². The highest BCUT2D eigenvalue weighted by atomic mass is 35.5. The third-order valence-electron chi connectivity index (χ3n) is 2.62. The first-order valence-corrected chi connectivity index (χ1v) is 7.61. The Kier molecular flexibility index (Phi) is 3.73. The second kappa shape index (κ2) is 4.89. The number of carbonyl (C=O) groups excluding carboxylic acids is 2. The molecule has 2 N–H and O–H groups in total. The Morgan fingerprint density at radius 2 is 1.47 bits per heavy atom. The summed E-state index contributed by atoms with van der Waals surface area (Å²) in [5, 5.41) is -1.86. The summed E-state index contributed by atoms with van der Waals surface area (Å²) in [6.07, 6.45) is 0. The van der Waals surface area contributed by atoms with Crippen molar-refractivity contribution in [2.75, 3.05) is 0 Å². The number of alkyl halides is 2. The lowest BCUT2D eigenvalue weighted by molar-refractivity contribution is 0.0638.